The Morgan fingerprint density at radius 2 is 1.67 bits per heavy atom. The number of rotatable bonds is 7. The highest BCUT2D eigenvalue weighted by atomic mass is 32.2. The Hall–Kier alpha value is -2.27. The van der Waals surface area contributed by atoms with Crippen molar-refractivity contribution in [2.24, 2.45) is 0 Å². The fourth-order valence-corrected chi connectivity index (χ4v) is 3.14. The third-order valence-corrected chi connectivity index (χ3v) is 4.58. The van der Waals surface area contributed by atoms with Crippen LogP contribution in [0.3, 0.4) is 0 Å². The van der Waals surface area contributed by atoms with Crippen molar-refractivity contribution in [3.05, 3.63) is 65.7 Å². The first-order valence-corrected chi connectivity index (χ1v) is 8.80. The minimum Gasteiger partial charge on any atom is -0.352 e. The number of hydrogen-bond acceptors (Lipinski definition) is 3. The normalized spacial score (nSPS) is 10.2. The molecule has 0 radical (unpaired) electrons. The number of hydrogen-bond donors (Lipinski definition) is 1. The van der Waals surface area contributed by atoms with Gasteiger partial charge in [-0.15, -0.1) is 11.8 Å². The third-order valence-electron chi connectivity index (χ3n) is 3.52. The Morgan fingerprint density at radius 3 is 2.38 bits per heavy atom. The van der Waals surface area contributed by atoms with Crippen LogP contribution in [0.4, 0.5) is 0 Å². The molecule has 24 heavy (non-hydrogen) atoms. The number of thioether (sulfide) groups is 1. The molecular weight excluding hydrogens is 320 g/mol. The molecule has 2 rings (SSSR count). The summed E-state index contributed by atoms with van der Waals surface area (Å²) in [5.74, 6) is 0.243. The zero-order valence-corrected chi connectivity index (χ0v) is 14.8. The Morgan fingerprint density at radius 1 is 1.00 bits per heavy atom. The molecule has 4 nitrogen and oxygen atoms in total. The molecule has 0 fully saturated rings. The minimum atomic E-state index is -0.105. The van der Waals surface area contributed by atoms with Crippen LogP contribution >= 0.6 is 11.8 Å². The van der Waals surface area contributed by atoms with Gasteiger partial charge in [0.2, 0.25) is 5.91 Å². The predicted molar refractivity (Wildman–Crippen MR) is 98.3 cm³/mol. The molecule has 0 atom stereocenters. The molecule has 0 aliphatic carbocycles. The Balaban J connectivity index is 1.92. The van der Waals surface area contributed by atoms with E-state index in [2.05, 4.69) is 5.32 Å². The van der Waals surface area contributed by atoms with Crippen molar-refractivity contribution in [3.63, 3.8) is 0 Å². The second kappa shape index (κ2) is 9.13. The molecule has 0 aromatic heterocycles. The maximum atomic E-state index is 12.4. The topological polar surface area (TPSA) is 49.4 Å². The number of amides is 2. The van der Waals surface area contributed by atoms with E-state index >= 15 is 0 Å². The molecule has 5 heteroatoms. The van der Waals surface area contributed by atoms with Crippen molar-refractivity contribution in [2.45, 2.75) is 11.3 Å². The van der Waals surface area contributed by atoms with Crippen molar-refractivity contribution < 1.29 is 9.59 Å². The van der Waals surface area contributed by atoms with Crippen LogP contribution in [0.2, 0.25) is 0 Å². The summed E-state index contributed by atoms with van der Waals surface area (Å²) in [6, 6.07) is 17.4. The van der Waals surface area contributed by atoms with E-state index < -0.39 is 0 Å². The monoisotopic (exact) mass is 342 g/mol. The van der Waals surface area contributed by atoms with E-state index in [1.54, 1.807) is 25.1 Å². The highest BCUT2D eigenvalue weighted by Gasteiger charge is 2.13. The molecule has 0 saturated carbocycles. The van der Waals surface area contributed by atoms with Crippen LogP contribution in [0.5, 0.6) is 0 Å². The van der Waals surface area contributed by atoms with E-state index in [9.17, 15) is 9.59 Å². The van der Waals surface area contributed by atoms with E-state index in [0.29, 0.717) is 17.9 Å². The summed E-state index contributed by atoms with van der Waals surface area (Å²) >= 11 is 1.39. The lowest BCUT2D eigenvalue weighted by Crippen LogP contribution is -2.26. The van der Waals surface area contributed by atoms with Crippen LogP contribution in [0.25, 0.3) is 0 Å². The summed E-state index contributed by atoms with van der Waals surface area (Å²) in [6.45, 7) is 0.582. The van der Waals surface area contributed by atoms with Gasteiger partial charge in [-0.3, -0.25) is 9.59 Å². The summed E-state index contributed by atoms with van der Waals surface area (Å²) in [7, 11) is 3.45. The fraction of sp³-hybridized carbons (Fsp3) is 0.263. The minimum absolute atomic E-state index is 0.0271. The molecule has 0 heterocycles. The van der Waals surface area contributed by atoms with Gasteiger partial charge in [0.25, 0.3) is 5.91 Å². The van der Waals surface area contributed by atoms with Crippen molar-refractivity contribution in [3.8, 4) is 0 Å². The van der Waals surface area contributed by atoms with Crippen LogP contribution in [0.15, 0.2) is 59.5 Å². The van der Waals surface area contributed by atoms with Crippen LogP contribution in [0, 0.1) is 0 Å². The molecule has 0 spiro atoms. The second-order valence-electron chi connectivity index (χ2n) is 5.56. The highest BCUT2D eigenvalue weighted by molar-refractivity contribution is 8.00. The summed E-state index contributed by atoms with van der Waals surface area (Å²) in [5.41, 5.74) is 1.80. The van der Waals surface area contributed by atoms with Crippen LogP contribution in [0.1, 0.15) is 15.9 Å². The van der Waals surface area contributed by atoms with Gasteiger partial charge in [0, 0.05) is 25.5 Å². The lowest BCUT2D eigenvalue weighted by molar-refractivity contribution is -0.125. The first-order valence-electron chi connectivity index (χ1n) is 7.82. The van der Waals surface area contributed by atoms with Gasteiger partial charge in [-0.1, -0.05) is 42.5 Å². The van der Waals surface area contributed by atoms with Gasteiger partial charge in [0.15, 0.2) is 0 Å². The van der Waals surface area contributed by atoms with Crippen LogP contribution in [-0.4, -0.2) is 43.1 Å². The van der Waals surface area contributed by atoms with Crippen molar-refractivity contribution in [1.82, 2.24) is 10.2 Å². The number of benzene rings is 2. The Kier molecular flexibility index (Phi) is 6.88. The van der Waals surface area contributed by atoms with E-state index in [1.807, 2.05) is 48.5 Å². The zero-order chi connectivity index (χ0) is 17.4. The highest BCUT2D eigenvalue weighted by Crippen LogP contribution is 2.22. The summed E-state index contributed by atoms with van der Waals surface area (Å²) in [6.07, 6.45) is 0.793. The standard InChI is InChI=1S/C19H22N2O2S/c1-21(2)18(22)14-24-17-11-7-6-10-16(17)19(23)20-13-12-15-8-4-3-5-9-15/h3-11H,12-14H2,1-2H3,(H,20,23). The van der Waals surface area contributed by atoms with E-state index in [4.69, 9.17) is 0 Å². The van der Waals surface area contributed by atoms with Crippen LogP contribution in [-0.2, 0) is 11.2 Å². The smallest absolute Gasteiger partial charge is 0.252 e. The molecule has 0 saturated heterocycles. The summed E-state index contributed by atoms with van der Waals surface area (Å²) in [5, 5.41) is 2.95. The van der Waals surface area contributed by atoms with E-state index in [1.165, 1.54) is 17.3 Å². The summed E-state index contributed by atoms with van der Waals surface area (Å²) in [4.78, 5) is 26.5. The molecule has 0 aliphatic heterocycles. The lowest BCUT2D eigenvalue weighted by atomic mass is 10.1. The van der Waals surface area contributed by atoms with Crippen molar-refractivity contribution in [1.29, 1.82) is 0 Å². The Labute approximate surface area is 147 Å². The first-order chi connectivity index (χ1) is 11.6. The van der Waals surface area contributed by atoms with Gasteiger partial charge in [0.1, 0.15) is 0 Å². The quantitative estimate of drug-likeness (QED) is 0.787. The van der Waals surface area contributed by atoms with Crippen molar-refractivity contribution in [2.75, 3.05) is 26.4 Å². The number of nitrogens with one attached hydrogen (secondary N) is 1. The molecule has 2 aromatic carbocycles. The molecule has 0 bridgehead atoms. The summed E-state index contributed by atoms with van der Waals surface area (Å²) < 4.78 is 0. The van der Waals surface area contributed by atoms with Crippen LogP contribution < -0.4 is 5.32 Å². The van der Waals surface area contributed by atoms with Gasteiger partial charge >= 0.3 is 0 Å². The van der Waals surface area contributed by atoms with Gasteiger partial charge in [-0.25, -0.2) is 0 Å². The average molecular weight is 342 g/mol. The zero-order valence-electron chi connectivity index (χ0n) is 14.0. The number of nitrogens with zero attached hydrogens (tertiary/aromatic N) is 1. The van der Waals surface area contributed by atoms with E-state index in [-0.39, 0.29) is 11.8 Å². The average Bonchev–Trinajstić information content (AvgIpc) is 2.60. The first kappa shape index (κ1) is 18.1. The number of carbonyl (C=O) groups excluding carboxylic acids is 2. The van der Waals surface area contributed by atoms with Gasteiger partial charge in [-0.2, -0.15) is 0 Å². The van der Waals surface area contributed by atoms with Gasteiger partial charge in [0.05, 0.1) is 11.3 Å². The molecule has 2 aromatic rings. The van der Waals surface area contributed by atoms with E-state index in [0.717, 1.165) is 11.3 Å². The fourth-order valence-electron chi connectivity index (χ4n) is 2.11. The molecular formula is C19H22N2O2S. The SMILES string of the molecule is CN(C)C(=O)CSc1ccccc1C(=O)NCCc1ccccc1. The van der Waals surface area contributed by atoms with Gasteiger partial charge in [-0.05, 0) is 24.1 Å². The molecule has 0 unspecified atom stereocenters. The van der Waals surface area contributed by atoms with Crippen molar-refractivity contribution >= 4 is 23.6 Å². The lowest BCUT2D eigenvalue weighted by Gasteiger charge is -2.12. The number of carbonyl (C=O) groups is 2. The molecule has 126 valence electrons. The second-order valence-corrected chi connectivity index (χ2v) is 6.58. The molecule has 2 amide bonds. The molecule has 1 N–H and O–H groups in total. The predicted octanol–water partition coefficient (Wildman–Crippen LogP) is 2.84. The third kappa shape index (κ3) is 5.42. The molecule has 0 aliphatic rings. The van der Waals surface area contributed by atoms with Gasteiger partial charge < -0.3 is 10.2 Å². The maximum absolute atomic E-state index is 12.4. The Bertz CT molecular complexity index is 687. The maximum Gasteiger partial charge on any atom is 0.252 e. The largest absolute Gasteiger partial charge is 0.352 e.